The Morgan fingerprint density at radius 3 is 2.70 bits per heavy atom. The molecule has 5 heteroatoms. The van der Waals surface area contributed by atoms with Crippen molar-refractivity contribution in [1.29, 1.82) is 0 Å². The zero-order chi connectivity index (χ0) is 13.9. The highest BCUT2D eigenvalue weighted by Crippen LogP contribution is 2.32. The van der Waals surface area contributed by atoms with Crippen LogP contribution in [0.2, 0.25) is 0 Å². The van der Waals surface area contributed by atoms with Gasteiger partial charge in [0.05, 0.1) is 16.8 Å². The number of hydrogen-bond donors (Lipinski definition) is 1. The molecule has 3 aromatic rings. The minimum Gasteiger partial charge on any atom is -0.491 e. The van der Waals surface area contributed by atoms with Crippen LogP contribution < -0.4 is 4.74 Å². The van der Waals surface area contributed by atoms with Crippen LogP contribution in [0.3, 0.4) is 0 Å². The molecule has 0 aliphatic carbocycles. The molecule has 0 bridgehead atoms. The molecule has 0 saturated heterocycles. The van der Waals surface area contributed by atoms with Crippen LogP contribution in [0.5, 0.6) is 5.75 Å². The monoisotopic (exact) mass is 289 g/mol. The number of aliphatic hydroxyl groups excluding tert-OH is 1. The average molecular weight is 289 g/mol. The predicted molar refractivity (Wildman–Crippen MR) is 77.6 cm³/mol. The topological polar surface area (TPSA) is 42.4 Å². The molecule has 0 aliphatic rings. The lowest BCUT2D eigenvalue weighted by atomic mass is 10.2. The van der Waals surface area contributed by atoms with Gasteiger partial charge in [-0.15, -0.1) is 11.3 Å². The Morgan fingerprint density at radius 2 is 1.95 bits per heavy atom. The zero-order valence-corrected chi connectivity index (χ0v) is 11.4. The molecule has 0 aliphatic heterocycles. The van der Waals surface area contributed by atoms with Gasteiger partial charge in [-0.2, -0.15) is 0 Å². The van der Waals surface area contributed by atoms with E-state index >= 15 is 0 Å². The molecule has 0 radical (unpaired) electrons. The summed E-state index contributed by atoms with van der Waals surface area (Å²) in [7, 11) is 0. The van der Waals surface area contributed by atoms with Crippen molar-refractivity contribution < 1.29 is 14.2 Å². The molecular formula is C15H12FNO2S. The second-order valence-electron chi connectivity index (χ2n) is 4.23. The van der Waals surface area contributed by atoms with Gasteiger partial charge in [0.15, 0.2) is 0 Å². The van der Waals surface area contributed by atoms with Gasteiger partial charge in [-0.1, -0.05) is 0 Å². The van der Waals surface area contributed by atoms with E-state index in [1.165, 1.54) is 23.5 Å². The molecule has 2 aromatic carbocycles. The largest absolute Gasteiger partial charge is 0.491 e. The number of hydrogen-bond acceptors (Lipinski definition) is 4. The van der Waals surface area contributed by atoms with Gasteiger partial charge in [-0.05, 0) is 42.5 Å². The number of rotatable bonds is 4. The van der Waals surface area contributed by atoms with Crippen molar-refractivity contribution in [2.45, 2.75) is 0 Å². The molecule has 0 unspecified atom stereocenters. The summed E-state index contributed by atoms with van der Waals surface area (Å²) in [6, 6.07) is 11.9. The van der Waals surface area contributed by atoms with Crippen LogP contribution in [0, 0.1) is 5.82 Å². The summed E-state index contributed by atoms with van der Waals surface area (Å²) in [6.07, 6.45) is 0. The van der Waals surface area contributed by atoms with Crippen LogP contribution in [0.25, 0.3) is 20.8 Å². The van der Waals surface area contributed by atoms with Crippen molar-refractivity contribution in [1.82, 2.24) is 4.98 Å². The van der Waals surface area contributed by atoms with Crippen molar-refractivity contribution in [2.24, 2.45) is 0 Å². The second-order valence-corrected chi connectivity index (χ2v) is 5.26. The van der Waals surface area contributed by atoms with Gasteiger partial charge in [0.25, 0.3) is 0 Å². The van der Waals surface area contributed by atoms with Crippen LogP contribution in [-0.2, 0) is 0 Å². The van der Waals surface area contributed by atoms with Crippen LogP contribution in [0.4, 0.5) is 4.39 Å². The van der Waals surface area contributed by atoms with E-state index in [-0.39, 0.29) is 19.0 Å². The Hall–Kier alpha value is -1.98. The summed E-state index contributed by atoms with van der Waals surface area (Å²) in [5.41, 5.74) is 1.77. The summed E-state index contributed by atoms with van der Waals surface area (Å²) in [4.78, 5) is 4.53. The lowest BCUT2D eigenvalue weighted by molar-refractivity contribution is 0.201. The van der Waals surface area contributed by atoms with Crippen LogP contribution >= 0.6 is 11.3 Å². The fourth-order valence-corrected chi connectivity index (χ4v) is 2.87. The van der Waals surface area contributed by atoms with Crippen molar-refractivity contribution in [2.75, 3.05) is 13.2 Å². The number of aliphatic hydroxyl groups is 1. The lowest BCUT2D eigenvalue weighted by Crippen LogP contribution is -2.00. The van der Waals surface area contributed by atoms with Crippen molar-refractivity contribution >= 4 is 21.6 Å². The van der Waals surface area contributed by atoms with E-state index in [2.05, 4.69) is 4.98 Å². The van der Waals surface area contributed by atoms with E-state index in [9.17, 15) is 4.39 Å². The van der Waals surface area contributed by atoms with Crippen molar-refractivity contribution in [3.63, 3.8) is 0 Å². The Kier molecular flexibility index (Phi) is 3.62. The number of fused-ring (bicyclic) bond motifs is 1. The standard InChI is InChI=1S/C15H12FNO2S/c16-11-3-1-10(2-4-11)15-17-13-6-5-12(19-8-7-18)9-14(13)20-15/h1-6,9,18H,7-8H2. The maximum Gasteiger partial charge on any atom is 0.124 e. The summed E-state index contributed by atoms with van der Waals surface area (Å²) >= 11 is 1.53. The molecule has 1 aromatic heterocycles. The summed E-state index contributed by atoms with van der Waals surface area (Å²) < 4.78 is 19.3. The van der Waals surface area contributed by atoms with Crippen molar-refractivity contribution in [3.05, 3.63) is 48.3 Å². The van der Waals surface area contributed by atoms with E-state index in [1.54, 1.807) is 12.1 Å². The normalized spacial score (nSPS) is 10.9. The van der Waals surface area contributed by atoms with Gasteiger partial charge < -0.3 is 9.84 Å². The summed E-state index contributed by atoms with van der Waals surface area (Å²) in [5.74, 6) is 0.454. The molecule has 0 amide bonds. The fraction of sp³-hybridized carbons (Fsp3) is 0.133. The molecule has 3 rings (SSSR count). The Labute approximate surface area is 119 Å². The zero-order valence-electron chi connectivity index (χ0n) is 10.5. The van der Waals surface area contributed by atoms with Gasteiger partial charge in [-0.3, -0.25) is 0 Å². The quantitative estimate of drug-likeness (QED) is 0.799. The lowest BCUT2D eigenvalue weighted by Gasteiger charge is -2.02. The number of halogens is 1. The third-order valence-corrected chi connectivity index (χ3v) is 3.88. The third-order valence-electron chi connectivity index (χ3n) is 2.81. The SMILES string of the molecule is OCCOc1ccc2nc(-c3ccc(F)cc3)sc2c1. The number of thiazole rings is 1. The highest BCUT2D eigenvalue weighted by Gasteiger charge is 2.07. The van der Waals surface area contributed by atoms with Gasteiger partial charge in [0.1, 0.15) is 23.2 Å². The minimum absolute atomic E-state index is 0.0123. The summed E-state index contributed by atoms with van der Waals surface area (Å²) in [6.45, 7) is 0.261. The summed E-state index contributed by atoms with van der Waals surface area (Å²) in [5, 5.41) is 9.60. The molecule has 1 N–H and O–H groups in total. The molecule has 0 spiro atoms. The molecule has 3 nitrogen and oxygen atoms in total. The van der Waals surface area contributed by atoms with Crippen LogP contribution in [-0.4, -0.2) is 23.3 Å². The predicted octanol–water partition coefficient (Wildman–Crippen LogP) is 3.47. The molecule has 1 heterocycles. The molecular weight excluding hydrogens is 277 g/mol. The van der Waals surface area contributed by atoms with Gasteiger partial charge in [-0.25, -0.2) is 9.37 Å². The van der Waals surface area contributed by atoms with E-state index in [4.69, 9.17) is 9.84 Å². The maximum absolute atomic E-state index is 12.9. The number of ether oxygens (including phenoxy) is 1. The molecule has 0 atom stereocenters. The Balaban J connectivity index is 1.95. The second kappa shape index (κ2) is 5.56. The van der Waals surface area contributed by atoms with Gasteiger partial charge in [0, 0.05) is 5.56 Å². The number of nitrogens with zero attached hydrogens (tertiary/aromatic N) is 1. The minimum atomic E-state index is -0.255. The van der Waals surface area contributed by atoms with Crippen LogP contribution in [0.1, 0.15) is 0 Å². The molecule has 102 valence electrons. The molecule has 0 saturated carbocycles. The number of benzene rings is 2. The van der Waals surface area contributed by atoms with Gasteiger partial charge >= 0.3 is 0 Å². The van der Waals surface area contributed by atoms with Crippen LogP contribution in [0.15, 0.2) is 42.5 Å². The number of aromatic nitrogens is 1. The van der Waals surface area contributed by atoms with E-state index in [0.29, 0.717) is 5.75 Å². The highest BCUT2D eigenvalue weighted by atomic mass is 32.1. The maximum atomic E-state index is 12.9. The van der Waals surface area contributed by atoms with E-state index in [1.807, 2.05) is 18.2 Å². The smallest absolute Gasteiger partial charge is 0.124 e. The first-order valence-electron chi connectivity index (χ1n) is 6.16. The Morgan fingerprint density at radius 1 is 1.15 bits per heavy atom. The average Bonchev–Trinajstić information content (AvgIpc) is 2.89. The third kappa shape index (κ3) is 2.64. The van der Waals surface area contributed by atoms with Gasteiger partial charge in [0.2, 0.25) is 0 Å². The first-order chi connectivity index (χ1) is 9.76. The molecule has 20 heavy (non-hydrogen) atoms. The fourth-order valence-electron chi connectivity index (χ4n) is 1.87. The first kappa shape index (κ1) is 13.0. The molecule has 0 fully saturated rings. The van der Waals surface area contributed by atoms with Crippen molar-refractivity contribution in [3.8, 4) is 16.3 Å². The van der Waals surface area contributed by atoms with E-state index in [0.717, 1.165) is 20.8 Å². The Bertz CT molecular complexity index is 724. The highest BCUT2D eigenvalue weighted by molar-refractivity contribution is 7.21. The first-order valence-corrected chi connectivity index (χ1v) is 6.98. The van der Waals surface area contributed by atoms with E-state index < -0.39 is 0 Å².